The number of hydrogen-bond donors (Lipinski definition) is 2. The Morgan fingerprint density at radius 2 is 1.54 bits per heavy atom. The molecule has 9 heteroatoms. The van der Waals surface area contributed by atoms with E-state index in [1.54, 1.807) is 18.7 Å². The average molecular weight is 519 g/mol. The van der Waals surface area contributed by atoms with Crippen LogP contribution < -0.4 is 10.6 Å². The van der Waals surface area contributed by atoms with Crippen LogP contribution in [0.3, 0.4) is 0 Å². The van der Waals surface area contributed by atoms with Gasteiger partial charge in [-0.05, 0) is 35.5 Å². The molecule has 2 heterocycles. The molecule has 2 N–H and O–H groups in total. The Labute approximate surface area is 221 Å². The number of ketones is 1. The summed E-state index contributed by atoms with van der Waals surface area (Å²) in [6.45, 7) is 16.9. The Morgan fingerprint density at radius 3 is 2.00 bits per heavy atom. The summed E-state index contributed by atoms with van der Waals surface area (Å²) in [6, 6.07) is -2.47. The van der Waals surface area contributed by atoms with Crippen LogP contribution in [0.4, 0.5) is 0 Å². The average Bonchev–Trinajstić information content (AvgIpc) is 3.72. The Balaban J connectivity index is 1.88. The van der Waals surface area contributed by atoms with E-state index in [-0.39, 0.29) is 35.5 Å². The summed E-state index contributed by atoms with van der Waals surface area (Å²) in [5.74, 6) is -1.92. The van der Waals surface area contributed by atoms with Gasteiger partial charge in [-0.3, -0.25) is 24.0 Å². The summed E-state index contributed by atoms with van der Waals surface area (Å²) in [6.07, 6.45) is 2.42. The molecule has 0 radical (unpaired) electrons. The summed E-state index contributed by atoms with van der Waals surface area (Å²) in [5.41, 5.74) is -0.572. The summed E-state index contributed by atoms with van der Waals surface area (Å²) in [4.78, 5) is 69.1. The molecule has 0 spiro atoms. The van der Waals surface area contributed by atoms with Crippen LogP contribution in [-0.2, 0) is 24.0 Å². The maximum absolute atomic E-state index is 14.0. The lowest BCUT2D eigenvalue weighted by atomic mass is 9.81. The first-order valence-electron chi connectivity index (χ1n) is 13.9. The minimum Gasteiger partial charge on any atom is -0.344 e. The fraction of sp³-hybridized carbons (Fsp3) is 0.821. The van der Waals surface area contributed by atoms with Crippen molar-refractivity contribution in [1.29, 1.82) is 0 Å². The second-order valence-corrected chi connectivity index (χ2v) is 13.1. The maximum Gasteiger partial charge on any atom is 0.292 e. The van der Waals surface area contributed by atoms with Crippen LogP contribution in [0.1, 0.15) is 74.7 Å². The number of nitrogens with one attached hydrogen (secondary N) is 2. The van der Waals surface area contributed by atoms with E-state index in [0.717, 1.165) is 12.8 Å². The van der Waals surface area contributed by atoms with Gasteiger partial charge in [0.05, 0.1) is 6.04 Å². The van der Waals surface area contributed by atoms with E-state index >= 15 is 0 Å². The molecule has 5 atom stereocenters. The van der Waals surface area contributed by atoms with Gasteiger partial charge in [0.1, 0.15) is 12.1 Å². The molecule has 0 bridgehead atoms. The van der Waals surface area contributed by atoms with Crippen molar-refractivity contribution in [2.24, 2.45) is 35.0 Å². The molecule has 9 nitrogen and oxygen atoms in total. The zero-order valence-corrected chi connectivity index (χ0v) is 23.8. The molecule has 0 aromatic rings. The first kappa shape index (κ1) is 29.1. The highest BCUT2D eigenvalue weighted by Gasteiger charge is 2.51. The van der Waals surface area contributed by atoms with Crippen molar-refractivity contribution >= 4 is 29.4 Å². The largest absolute Gasteiger partial charge is 0.344 e. The van der Waals surface area contributed by atoms with Gasteiger partial charge >= 0.3 is 0 Å². The minimum absolute atomic E-state index is 0.0536. The fourth-order valence-electron chi connectivity index (χ4n) is 5.49. The second-order valence-electron chi connectivity index (χ2n) is 13.1. The molecule has 37 heavy (non-hydrogen) atoms. The molecule has 0 aromatic heterocycles. The lowest BCUT2D eigenvalue weighted by molar-refractivity contribution is -0.147. The zero-order valence-electron chi connectivity index (χ0n) is 23.8. The third-order valence-electron chi connectivity index (χ3n) is 7.93. The Morgan fingerprint density at radius 1 is 0.946 bits per heavy atom. The Bertz CT molecular complexity index is 916. The van der Waals surface area contributed by atoms with E-state index in [0.29, 0.717) is 32.0 Å². The van der Waals surface area contributed by atoms with Gasteiger partial charge in [-0.25, -0.2) is 0 Å². The highest BCUT2D eigenvalue weighted by atomic mass is 16.2. The summed E-state index contributed by atoms with van der Waals surface area (Å²) >= 11 is 0. The number of hydrogen-bond acceptors (Lipinski definition) is 5. The van der Waals surface area contributed by atoms with Crippen molar-refractivity contribution in [3.8, 4) is 0 Å². The quantitative estimate of drug-likeness (QED) is 0.339. The molecule has 208 valence electrons. The standard InChI is InChI=1S/C28H46N4O5/c1-15(2)20-17(5)14-32(27(37)23(28(6,7)8)30-24(34)16(3)4)21(20)25(35)29-19(13-18-9-10-18)22(33)26(36)31-11-12-31/h15-21,23H,9-14H2,1-8H3,(H,29,35)(H,30,34)/t17-,19?,20-,21-,23+/m0/s1. The predicted octanol–water partition coefficient (Wildman–Crippen LogP) is 1.99. The maximum atomic E-state index is 14.0. The molecule has 4 amide bonds. The van der Waals surface area contributed by atoms with E-state index in [2.05, 4.69) is 10.6 Å². The van der Waals surface area contributed by atoms with Crippen LogP contribution in [0.5, 0.6) is 0 Å². The van der Waals surface area contributed by atoms with Crippen LogP contribution in [0.2, 0.25) is 0 Å². The minimum atomic E-state index is -0.882. The van der Waals surface area contributed by atoms with Gasteiger partial charge < -0.3 is 20.4 Å². The van der Waals surface area contributed by atoms with Crippen LogP contribution in [-0.4, -0.2) is 77.0 Å². The van der Waals surface area contributed by atoms with Gasteiger partial charge in [0.2, 0.25) is 23.5 Å². The van der Waals surface area contributed by atoms with Gasteiger partial charge in [-0.15, -0.1) is 0 Å². The summed E-state index contributed by atoms with van der Waals surface area (Å²) in [5, 5.41) is 5.82. The van der Waals surface area contributed by atoms with Crippen molar-refractivity contribution in [1.82, 2.24) is 20.4 Å². The van der Waals surface area contributed by atoms with Gasteiger partial charge in [-0.2, -0.15) is 0 Å². The van der Waals surface area contributed by atoms with Crippen molar-refractivity contribution < 1.29 is 24.0 Å². The van der Waals surface area contributed by atoms with Gasteiger partial charge in [-0.1, -0.05) is 68.2 Å². The lowest BCUT2D eigenvalue weighted by Gasteiger charge is -2.37. The predicted molar refractivity (Wildman–Crippen MR) is 140 cm³/mol. The van der Waals surface area contributed by atoms with Gasteiger partial charge in [0.15, 0.2) is 0 Å². The molecular weight excluding hydrogens is 472 g/mol. The second kappa shape index (κ2) is 11.1. The highest BCUT2D eigenvalue weighted by Crippen LogP contribution is 2.38. The molecule has 1 unspecified atom stereocenters. The van der Waals surface area contributed by atoms with Crippen LogP contribution in [0.15, 0.2) is 0 Å². The molecule has 3 aliphatic rings. The molecule has 3 rings (SSSR count). The van der Waals surface area contributed by atoms with Crippen molar-refractivity contribution in [2.45, 2.75) is 92.8 Å². The summed E-state index contributed by atoms with van der Waals surface area (Å²) < 4.78 is 0. The SMILES string of the molecule is CC(C)C(=O)N[C@H](C(=O)N1C[C@H](C)[C@H](C(C)C)[C@H]1C(=O)NC(CC1CC1)C(=O)C(=O)N1CC1)C(C)(C)C. The molecule has 3 fully saturated rings. The molecular formula is C28H46N4O5. The van der Waals surface area contributed by atoms with Gasteiger partial charge in [0, 0.05) is 25.6 Å². The lowest BCUT2D eigenvalue weighted by Crippen LogP contribution is -2.60. The van der Waals surface area contributed by atoms with E-state index in [4.69, 9.17) is 0 Å². The van der Waals surface area contributed by atoms with Crippen LogP contribution >= 0.6 is 0 Å². The number of rotatable bonds is 10. The van der Waals surface area contributed by atoms with Crippen molar-refractivity contribution in [2.75, 3.05) is 19.6 Å². The van der Waals surface area contributed by atoms with E-state index < -0.39 is 41.1 Å². The molecule has 0 aromatic carbocycles. The smallest absolute Gasteiger partial charge is 0.292 e. The monoisotopic (exact) mass is 518 g/mol. The number of likely N-dealkylation sites (tertiary alicyclic amines) is 1. The topological polar surface area (TPSA) is 116 Å². The number of carbonyl (C=O) groups excluding carboxylic acids is 5. The highest BCUT2D eigenvalue weighted by molar-refractivity contribution is 6.38. The zero-order chi connectivity index (χ0) is 27.8. The Hall–Kier alpha value is -2.45. The van der Waals surface area contributed by atoms with Crippen molar-refractivity contribution in [3.05, 3.63) is 0 Å². The van der Waals surface area contributed by atoms with E-state index in [1.165, 1.54) is 4.90 Å². The van der Waals surface area contributed by atoms with Crippen molar-refractivity contribution in [3.63, 3.8) is 0 Å². The number of nitrogens with zero attached hydrogens (tertiary/aromatic N) is 2. The first-order valence-corrected chi connectivity index (χ1v) is 13.9. The van der Waals surface area contributed by atoms with E-state index in [1.807, 2.05) is 41.5 Å². The molecule has 2 aliphatic heterocycles. The summed E-state index contributed by atoms with van der Waals surface area (Å²) in [7, 11) is 0. The molecule has 1 aliphatic carbocycles. The number of carbonyl (C=O) groups is 5. The Kier molecular flexibility index (Phi) is 8.75. The fourth-order valence-corrected chi connectivity index (χ4v) is 5.49. The third-order valence-corrected chi connectivity index (χ3v) is 7.93. The number of amides is 4. The van der Waals surface area contributed by atoms with Crippen LogP contribution in [0.25, 0.3) is 0 Å². The third kappa shape index (κ3) is 6.90. The van der Waals surface area contributed by atoms with E-state index in [9.17, 15) is 24.0 Å². The number of Topliss-reactive ketones (excluding diaryl/α,β-unsaturated/α-hetero) is 1. The normalized spacial score (nSPS) is 25.2. The first-order chi connectivity index (χ1) is 17.1. The molecule has 1 saturated carbocycles. The molecule has 2 saturated heterocycles. The van der Waals surface area contributed by atoms with Crippen LogP contribution in [0, 0.1) is 35.0 Å². The van der Waals surface area contributed by atoms with Gasteiger partial charge in [0.25, 0.3) is 5.91 Å².